The minimum absolute atomic E-state index is 0.0921. The topological polar surface area (TPSA) is 50.4 Å². The van der Waals surface area contributed by atoms with Gasteiger partial charge in [-0.3, -0.25) is 4.79 Å². The molecule has 0 aliphatic rings. The minimum atomic E-state index is -0.110. The Hall–Kier alpha value is -3.24. The molecule has 0 heterocycles. The number of rotatable bonds is 8. The predicted molar refractivity (Wildman–Crippen MR) is 120 cm³/mol. The van der Waals surface area contributed by atoms with E-state index >= 15 is 0 Å². The Balaban J connectivity index is 1.89. The molecule has 0 saturated carbocycles. The molecule has 0 aliphatic carbocycles. The standard InChI is InChI=1S/C24H23ClN2O2/c1-3-8-21(20-9-4-5-10-22(20)26-17(2)28)27-23-11-6-7-12-24(23)29-19-15-13-18(25)14-16-19/h3-7,9-16,21,27H,1,8H2,2H3,(H,26,28)/t21-/m0/s1. The molecular weight excluding hydrogens is 384 g/mol. The molecule has 4 nitrogen and oxygen atoms in total. The van der Waals surface area contributed by atoms with E-state index < -0.39 is 0 Å². The molecule has 148 valence electrons. The zero-order chi connectivity index (χ0) is 20.6. The minimum Gasteiger partial charge on any atom is -0.455 e. The smallest absolute Gasteiger partial charge is 0.221 e. The number of carbonyl (C=O) groups excluding carboxylic acids is 1. The van der Waals surface area contributed by atoms with E-state index in [1.54, 1.807) is 12.1 Å². The van der Waals surface area contributed by atoms with Crippen LogP contribution in [0.25, 0.3) is 0 Å². The van der Waals surface area contributed by atoms with Crippen LogP contribution in [0.3, 0.4) is 0 Å². The number of ether oxygens (including phenoxy) is 1. The van der Waals surface area contributed by atoms with Gasteiger partial charge in [-0.05, 0) is 54.4 Å². The summed E-state index contributed by atoms with van der Waals surface area (Å²) in [6.45, 7) is 5.39. The summed E-state index contributed by atoms with van der Waals surface area (Å²) in [4.78, 5) is 11.6. The zero-order valence-corrected chi connectivity index (χ0v) is 16.9. The van der Waals surface area contributed by atoms with Crippen molar-refractivity contribution in [1.29, 1.82) is 0 Å². The first-order chi connectivity index (χ1) is 14.1. The monoisotopic (exact) mass is 406 g/mol. The lowest BCUT2D eigenvalue weighted by atomic mass is 10.0. The van der Waals surface area contributed by atoms with Gasteiger partial charge in [-0.25, -0.2) is 0 Å². The van der Waals surface area contributed by atoms with Gasteiger partial charge in [-0.2, -0.15) is 0 Å². The highest BCUT2D eigenvalue weighted by Gasteiger charge is 2.16. The van der Waals surface area contributed by atoms with E-state index in [1.165, 1.54) is 6.92 Å². The van der Waals surface area contributed by atoms with Crippen LogP contribution in [0.4, 0.5) is 11.4 Å². The second-order valence-corrected chi connectivity index (χ2v) is 6.98. The molecule has 0 saturated heterocycles. The van der Waals surface area contributed by atoms with Crippen molar-refractivity contribution >= 4 is 28.9 Å². The molecule has 2 N–H and O–H groups in total. The summed E-state index contributed by atoms with van der Waals surface area (Å²) in [7, 11) is 0. The van der Waals surface area contributed by atoms with Gasteiger partial charge in [0.2, 0.25) is 5.91 Å². The Morgan fingerprint density at radius 2 is 1.69 bits per heavy atom. The maximum Gasteiger partial charge on any atom is 0.221 e. The molecule has 0 bridgehead atoms. The fraction of sp³-hybridized carbons (Fsp3) is 0.125. The fourth-order valence-corrected chi connectivity index (χ4v) is 3.15. The predicted octanol–water partition coefficient (Wildman–Crippen LogP) is 6.82. The first-order valence-corrected chi connectivity index (χ1v) is 9.71. The third kappa shape index (κ3) is 5.62. The van der Waals surface area contributed by atoms with Crippen molar-refractivity contribution in [2.45, 2.75) is 19.4 Å². The van der Waals surface area contributed by atoms with E-state index in [4.69, 9.17) is 16.3 Å². The van der Waals surface area contributed by atoms with Crippen LogP contribution in [0, 0.1) is 0 Å². The highest BCUT2D eigenvalue weighted by molar-refractivity contribution is 6.30. The van der Waals surface area contributed by atoms with E-state index in [0.29, 0.717) is 22.9 Å². The lowest BCUT2D eigenvalue weighted by Gasteiger charge is -2.23. The van der Waals surface area contributed by atoms with Gasteiger partial charge >= 0.3 is 0 Å². The highest BCUT2D eigenvalue weighted by atomic mass is 35.5. The van der Waals surface area contributed by atoms with E-state index in [0.717, 1.165) is 16.9 Å². The summed E-state index contributed by atoms with van der Waals surface area (Å²) in [5.41, 5.74) is 2.59. The summed E-state index contributed by atoms with van der Waals surface area (Å²) in [6, 6.07) is 22.6. The molecule has 3 aromatic rings. The average Bonchev–Trinajstić information content (AvgIpc) is 2.71. The van der Waals surface area contributed by atoms with Crippen molar-refractivity contribution in [2.24, 2.45) is 0 Å². The van der Waals surface area contributed by atoms with Gasteiger partial charge < -0.3 is 15.4 Å². The largest absolute Gasteiger partial charge is 0.455 e. The molecule has 3 aromatic carbocycles. The first kappa shape index (κ1) is 20.5. The van der Waals surface area contributed by atoms with Crippen molar-refractivity contribution in [1.82, 2.24) is 0 Å². The van der Waals surface area contributed by atoms with Crippen LogP contribution in [0.1, 0.15) is 24.9 Å². The third-order valence-electron chi connectivity index (χ3n) is 4.31. The molecular formula is C24H23ClN2O2. The molecule has 5 heteroatoms. The van der Waals surface area contributed by atoms with Crippen LogP contribution in [0.2, 0.25) is 5.02 Å². The summed E-state index contributed by atoms with van der Waals surface area (Å²) >= 11 is 5.96. The average molecular weight is 407 g/mol. The Kier molecular flexibility index (Phi) is 6.93. The highest BCUT2D eigenvalue weighted by Crippen LogP contribution is 2.35. The molecule has 1 amide bonds. The lowest BCUT2D eigenvalue weighted by molar-refractivity contribution is -0.114. The molecule has 1 atom stereocenters. The van der Waals surface area contributed by atoms with Gasteiger partial charge in [0.15, 0.2) is 5.75 Å². The lowest BCUT2D eigenvalue weighted by Crippen LogP contribution is -2.15. The SMILES string of the molecule is C=CC[C@H](Nc1ccccc1Oc1ccc(Cl)cc1)c1ccccc1NC(C)=O. The van der Waals surface area contributed by atoms with Crippen LogP contribution in [-0.4, -0.2) is 5.91 Å². The molecule has 0 spiro atoms. The Morgan fingerprint density at radius 1 is 1.03 bits per heavy atom. The fourth-order valence-electron chi connectivity index (χ4n) is 3.03. The van der Waals surface area contributed by atoms with Crippen LogP contribution in [0.15, 0.2) is 85.5 Å². The van der Waals surface area contributed by atoms with E-state index in [2.05, 4.69) is 17.2 Å². The quantitative estimate of drug-likeness (QED) is 0.403. The zero-order valence-electron chi connectivity index (χ0n) is 16.2. The molecule has 0 aromatic heterocycles. The number of halogens is 1. The van der Waals surface area contributed by atoms with Crippen molar-refractivity contribution in [3.63, 3.8) is 0 Å². The maximum absolute atomic E-state index is 11.6. The van der Waals surface area contributed by atoms with Crippen LogP contribution < -0.4 is 15.4 Å². The van der Waals surface area contributed by atoms with Crippen LogP contribution in [-0.2, 0) is 4.79 Å². The normalized spacial score (nSPS) is 11.4. The van der Waals surface area contributed by atoms with E-state index in [1.807, 2.05) is 66.7 Å². The number of benzene rings is 3. The third-order valence-corrected chi connectivity index (χ3v) is 4.56. The molecule has 0 fully saturated rings. The maximum atomic E-state index is 11.6. The van der Waals surface area contributed by atoms with Crippen molar-refractivity contribution < 1.29 is 9.53 Å². The van der Waals surface area contributed by atoms with Crippen molar-refractivity contribution in [3.8, 4) is 11.5 Å². The summed E-state index contributed by atoms with van der Waals surface area (Å²) in [6.07, 6.45) is 2.52. The summed E-state index contributed by atoms with van der Waals surface area (Å²) < 4.78 is 6.06. The van der Waals surface area contributed by atoms with Crippen LogP contribution in [0.5, 0.6) is 11.5 Å². The Morgan fingerprint density at radius 3 is 2.38 bits per heavy atom. The van der Waals surface area contributed by atoms with Crippen LogP contribution >= 0.6 is 11.6 Å². The number of amides is 1. The summed E-state index contributed by atoms with van der Waals surface area (Å²) in [5.74, 6) is 1.28. The Bertz CT molecular complexity index is 986. The molecule has 29 heavy (non-hydrogen) atoms. The molecule has 3 rings (SSSR count). The molecule has 0 radical (unpaired) electrons. The van der Waals surface area contributed by atoms with Gasteiger partial charge in [0.1, 0.15) is 5.75 Å². The number of hydrogen-bond acceptors (Lipinski definition) is 3. The van der Waals surface area contributed by atoms with E-state index in [-0.39, 0.29) is 11.9 Å². The second kappa shape index (κ2) is 9.80. The Labute approximate surface area is 176 Å². The molecule has 0 aliphatic heterocycles. The number of anilines is 2. The van der Waals surface area contributed by atoms with Crippen molar-refractivity contribution in [2.75, 3.05) is 10.6 Å². The van der Waals surface area contributed by atoms with Gasteiger partial charge in [0, 0.05) is 17.6 Å². The molecule has 0 unspecified atom stereocenters. The van der Waals surface area contributed by atoms with E-state index in [9.17, 15) is 4.79 Å². The van der Waals surface area contributed by atoms with Gasteiger partial charge in [0.05, 0.1) is 11.7 Å². The number of para-hydroxylation sites is 3. The van der Waals surface area contributed by atoms with Crippen molar-refractivity contribution in [3.05, 3.63) is 96.0 Å². The summed E-state index contributed by atoms with van der Waals surface area (Å²) in [5, 5.41) is 7.09. The number of hydrogen-bond donors (Lipinski definition) is 2. The second-order valence-electron chi connectivity index (χ2n) is 6.54. The first-order valence-electron chi connectivity index (χ1n) is 9.33. The van der Waals surface area contributed by atoms with Gasteiger partial charge in [-0.15, -0.1) is 6.58 Å². The van der Waals surface area contributed by atoms with Gasteiger partial charge in [0.25, 0.3) is 0 Å². The van der Waals surface area contributed by atoms with Gasteiger partial charge in [-0.1, -0.05) is 48.0 Å². The number of carbonyl (C=O) groups is 1. The number of nitrogens with one attached hydrogen (secondary N) is 2.